The van der Waals surface area contributed by atoms with Crippen molar-refractivity contribution in [2.45, 2.75) is 13.5 Å². The first-order valence-corrected chi connectivity index (χ1v) is 6.58. The van der Waals surface area contributed by atoms with Crippen molar-refractivity contribution >= 4 is 5.91 Å². The van der Waals surface area contributed by atoms with Gasteiger partial charge in [0.25, 0.3) is 5.91 Å². The van der Waals surface area contributed by atoms with E-state index in [-0.39, 0.29) is 18.7 Å². The van der Waals surface area contributed by atoms with E-state index in [0.29, 0.717) is 5.56 Å². The molecule has 0 spiro atoms. The molecule has 4 heteroatoms. The van der Waals surface area contributed by atoms with Gasteiger partial charge in [0.1, 0.15) is 12.4 Å². The molecule has 0 aliphatic carbocycles. The Morgan fingerprint density at radius 3 is 2.57 bits per heavy atom. The van der Waals surface area contributed by atoms with E-state index < -0.39 is 11.7 Å². The fourth-order valence-corrected chi connectivity index (χ4v) is 2.07. The molecule has 1 amide bonds. The minimum absolute atomic E-state index is 0.00109. The summed E-state index contributed by atoms with van der Waals surface area (Å²) >= 11 is 0. The Morgan fingerprint density at radius 1 is 1.19 bits per heavy atom. The van der Waals surface area contributed by atoms with Crippen molar-refractivity contribution in [3.05, 3.63) is 71.0 Å². The van der Waals surface area contributed by atoms with Gasteiger partial charge >= 0.3 is 0 Å². The van der Waals surface area contributed by atoms with Crippen LogP contribution in [0.1, 0.15) is 21.5 Å². The molecule has 2 rings (SSSR count). The number of nitrogens with zero attached hydrogens (tertiary/aromatic N) is 2. The topological polar surface area (TPSA) is 44.1 Å². The van der Waals surface area contributed by atoms with Crippen molar-refractivity contribution in [3.8, 4) is 6.07 Å². The molecule has 0 saturated carbocycles. The molecule has 3 nitrogen and oxygen atoms in total. The van der Waals surface area contributed by atoms with Gasteiger partial charge in [-0.25, -0.2) is 4.39 Å². The van der Waals surface area contributed by atoms with Crippen LogP contribution in [0.15, 0.2) is 48.5 Å². The smallest absolute Gasteiger partial charge is 0.257 e. The zero-order valence-electron chi connectivity index (χ0n) is 11.7. The fourth-order valence-electron chi connectivity index (χ4n) is 2.07. The first kappa shape index (κ1) is 14.7. The summed E-state index contributed by atoms with van der Waals surface area (Å²) in [6, 6.07) is 16.0. The molecular formula is C17H15FN2O. The van der Waals surface area contributed by atoms with Gasteiger partial charge in [-0.05, 0) is 24.1 Å². The first-order valence-electron chi connectivity index (χ1n) is 6.58. The minimum Gasteiger partial charge on any atom is -0.321 e. The molecule has 0 aliphatic rings. The van der Waals surface area contributed by atoms with Gasteiger partial charge in [0, 0.05) is 6.54 Å². The van der Waals surface area contributed by atoms with Gasteiger partial charge in [-0.2, -0.15) is 5.26 Å². The van der Waals surface area contributed by atoms with Crippen LogP contribution in [-0.4, -0.2) is 17.4 Å². The van der Waals surface area contributed by atoms with Crippen molar-refractivity contribution in [2.24, 2.45) is 0 Å². The average molecular weight is 282 g/mol. The predicted octanol–water partition coefficient (Wildman–Crippen LogP) is 3.30. The number of carbonyl (C=O) groups is 1. The Labute approximate surface area is 123 Å². The number of aryl methyl sites for hydroxylation is 1. The molecule has 0 saturated heterocycles. The number of halogens is 1. The number of hydrogen-bond donors (Lipinski definition) is 0. The Kier molecular flexibility index (Phi) is 4.68. The molecule has 0 atom stereocenters. The van der Waals surface area contributed by atoms with E-state index in [1.54, 1.807) is 19.1 Å². The normalized spacial score (nSPS) is 9.95. The van der Waals surface area contributed by atoms with Crippen molar-refractivity contribution in [2.75, 3.05) is 6.54 Å². The number of amides is 1. The lowest BCUT2D eigenvalue weighted by Gasteiger charge is -2.20. The monoisotopic (exact) mass is 282 g/mol. The lowest BCUT2D eigenvalue weighted by Crippen LogP contribution is -2.31. The summed E-state index contributed by atoms with van der Waals surface area (Å²) in [5.41, 5.74) is 1.31. The maximum absolute atomic E-state index is 14.1. The summed E-state index contributed by atoms with van der Waals surface area (Å²) in [6.45, 7) is 1.81. The summed E-state index contributed by atoms with van der Waals surface area (Å²) in [5.74, 6) is -1.000. The van der Waals surface area contributed by atoms with Gasteiger partial charge in [-0.15, -0.1) is 0 Å². The highest BCUT2D eigenvalue weighted by Crippen LogP contribution is 2.16. The van der Waals surface area contributed by atoms with Gasteiger partial charge in [0.05, 0.1) is 11.6 Å². The number of carbonyl (C=O) groups excluding carboxylic acids is 1. The van der Waals surface area contributed by atoms with Crippen LogP contribution in [0.4, 0.5) is 4.39 Å². The fraction of sp³-hybridized carbons (Fsp3) is 0.176. The molecule has 0 unspecified atom stereocenters. The number of hydrogen-bond acceptors (Lipinski definition) is 2. The minimum atomic E-state index is -0.529. The van der Waals surface area contributed by atoms with Crippen LogP contribution < -0.4 is 0 Å². The molecular weight excluding hydrogens is 267 g/mol. The van der Waals surface area contributed by atoms with Gasteiger partial charge < -0.3 is 4.90 Å². The number of benzene rings is 2. The molecule has 21 heavy (non-hydrogen) atoms. The molecule has 0 heterocycles. The molecule has 0 fully saturated rings. The van der Waals surface area contributed by atoms with E-state index in [9.17, 15) is 9.18 Å². The largest absolute Gasteiger partial charge is 0.321 e. The molecule has 0 aromatic heterocycles. The predicted molar refractivity (Wildman–Crippen MR) is 77.9 cm³/mol. The number of rotatable bonds is 4. The van der Waals surface area contributed by atoms with Gasteiger partial charge in [-0.3, -0.25) is 4.79 Å². The van der Waals surface area contributed by atoms with Crippen LogP contribution in [0, 0.1) is 24.1 Å². The van der Waals surface area contributed by atoms with Crippen LogP contribution in [0.3, 0.4) is 0 Å². The Balaban J connectivity index is 2.28. The van der Waals surface area contributed by atoms with Crippen LogP contribution in [-0.2, 0) is 6.54 Å². The van der Waals surface area contributed by atoms with Crippen LogP contribution >= 0.6 is 0 Å². The van der Waals surface area contributed by atoms with E-state index in [2.05, 4.69) is 0 Å². The Morgan fingerprint density at radius 2 is 1.90 bits per heavy atom. The highest BCUT2D eigenvalue weighted by Gasteiger charge is 2.20. The van der Waals surface area contributed by atoms with Crippen molar-refractivity contribution in [1.29, 1.82) is 5.26 Å². The standard InChI is InChI=1S/C17H15FN2O/c1-13-6-5-9-15(16(13)18)17(21)20(11-10-19)12-14-7-3-2-4-8-14/h2-9H,11-12H2,1H3. The summed E-state index contributed by atoms with van der Waals surface area (Å²) in [6.07, 6.45) is 0. The maximum atomic E-state index is 14.1. The summed E-state index contributed by atoms with van der Waals surface area (Å²) in [7, 11) is 0. The molecule has 2 aromatic carbocycles. The van der Waals surface area contributed by atoms with E-state index in [1.165, 1.54) is 11.0 Å². The van der Waals surface area contributed by atoms with Crippen molar-refractivity contribution in [1.82, 2.24) is 4.90 Å². The van der Waals surface area contributed by atoms with E-state index in [1.807, 2.05) is 36.4 Å². The summed E-state index contributed by atoms with van der Waals surface area (Å²) in [5, 5.41) is 8.90. The van der Waals surface area contributed by atoms with E-state index >= 15 is 0 Å². The zero-order valence-corrected chi connectivity index (χ0v) is 11.7. The molecule has 0 radical (unpaired) electrons. The third-order valence-corrected chi connectivity index (χ3v) is 3.19. The molecule has 0 aliphatic heterocycles. The molecule has 0 bridgehead atoms. The second-order valence-electron chi connectivity index (χ2n) is 4.74. The second-order valence-corrected chi connectivity index (χ2v) is 4.74. The SMILES string of the molecule is Cc1cccc(C(=O)N(CC#N)Cc2ccccc2)c1F. The van der Waals surface area contributed by atoms with Crippen LogP contribution in [0.25, 0.3) is 0 Å². The average Bonchev–Trinajstić information content (AvgIpc) is 2.50. The molecule has 0 N–H and O–H groups in total. The van der Waals surface area contributed by atoms with Crippen molar-refractivity contribution < 1.29 is 9.18 Å². The van der Waals surface area contributed by atoms with Crippen LogP contribution in [0.2, 0.25) is 0 Å². The summed E-state index contributed by atoms with van der Waals surface area (Å²) < 4.78 is 14.1. The number of nitriles is 1. The van der Waals surface area contributed by atoms with E-state index in [4.69, 9.17) is 5.26 Å². The quantitative estimate of drug-likeness (QED) is 0.808. The van der Waals surface area contributed by atoms with Gasteiger partial charge in [0.2, 0.25) is 0 Å². The lowest BCUT2D eigenvalue weighted by molar-refractivity contribution is 0.0760. The zero-order chi connectivity index (χ0) is 15.2. The third-order valence-electron chi connectivity index (χ3n) is 3.19. The van der Waals surface area contributed by atoms with E-state index in [0.717, 1.165) is 5.56 Å². The maximum Gasteiger partial charge on any atom is 0.257 e. The van der Waals surface area contributed by atoms with Gasteiger partial charge in [-0.1, -0.05) is 42.5 Å². The first-order chi connectivity index (χ1) is 10.1. The third kappa shape index (κ3) is 3.46. The second kappa shape index (κ2) is 6.67. The Bertz CT molecular complexity index is 677. The summed E-state index contributed by atoms with van der Waals surface area (Å²) in [4.78, 5) is 13.8. The highest BCUT2D eigenvalue weighted by atomic mass is 19.1. The van der Waals surface area contributed by atoms with Crippen molar-refractivity contribution in [3.63, 3.8) is 0 Å². The molecule has 2 aromatic rings. The lowest BCUT2D eigenvalue weighted by atomic mass is 10.1. The van der Waals surface area contributed by atoms with Crippen LogP contribution in [0.5, 0.6) is 0 Å². The van der Waals surface area contributed by atoms with Gasteiger partial charge in [0.15, 0.2) is 0 Å². The molecule has 106 valence electrons. The highest BCUT2D eigenvalue weighted by molar-refractivity contribution is 5.94. The Hall–Kier alpha value is -2.67.